The lowest BCUT2D eigenvalue weighted by molar-refractivity contribution is -0.123. The Kier molecular flexibility index (Phi) is 7.11. The zero-order valence-corrected chi connectivity index (χ0v) is 17.5. The quantitative estimate of drug-likeness (QED) is 0.700. The van der Waals surface area contributed by atoms with Gasteiger partial charge in [0.1, 0.15) is 0 Å². The number of hydrogen-bond donors (Lipinski definition) is 1. The summed E-state index contributed by atoms with van der Waals surface area (Å²) in [5.41, 5.74) is 1.24. The normalized spacial score (nSPS) is 21.8. The number of carbonyl (C=O) groups excluding carboxylic acids is 2. The van der Waals surface area contributed by atoms with Gasteiger partial charge in [-0.3, -0.25) is 9.59 Å². The van der Waals surface area contributed by atoms with Gasteiger partial charge in [0.25, 0.3) is 5.91 Å². The first-order chi connectivity index (χ1) is 14.7. The number of nitrogens with one attached hydrogen (secondary N) is 1. The summed E-state index contributed by atoms with van der Waals surface area (Å²) < 4.78 is 10.9. The van der Waals surface area contributed by atoms with Gasteiger partial charge in [-0.1, -0.05) is 0 Å². The van der Waals surface area contributed by atoms with Gasteiger partial charge in [0, 0.05) is 51.9 Å². The van der Waals surface area contributed by atoms with Gasteiger partial charge in [0.15, 0.2) is 0 Å². The third-order valence-corrected chi connectivity index (χ3v) is 5.89. The van der Waals surface area contributed by atoms with Crippen LogP contribution in [0, 0.1) is 0 Å². The minimum Gasteiger partial charge on any atom is -0.378 e. The number of carbonyl (C=O) groups is 2. The Morgan fingerprint density at radius 2 is 1.90 bits per heavy atom. The number of ether oxygens (including phenoxy) is 2. The highest BCUT2D eigenvalue weighted by Gasteiger charge is 2.25. The van der Waals surface area contributed by atoms with E-state index in [2.05, 4.69) is 15.2 Å². The fraction of sp³-hybridized carbons (Fsp3) is 0.714. The second-order valence-corrected chi connectivity index (χ2v) is 8.07. The summed E-state index contributed by atoms with van der Waals surface area (Å²) in [5.74, 6) is 0.593. The smallest absolute Gasteiger partial charge is 0.257 e. The first-order valence-electron chi connectivity index (χ1n) is 11.1. The van der Waals surface area contributed by atoms with Gasteiger partial charge in [0.2, 0.25) is 11.9 Å². The molecule has 3 saturated heterocycles. The fourth-order valence-electron chi connectivity index (χ4n) is 4.19. The Morgan fingerprint density at radius 1 is 1.10 bits per heavy atom. The van der Waals surface area contributed by atoms with Crippen LogP contribution < -0.4 is 10.2 Å². The van der Waals surface area contributed by atoms with E-state index in [-0.39, 0.29) is 17.9 Å². The van der Waals surface area contributed by atoms with Gasteiger partial charge in [-0.05, 0) is 25.7 Å². The van der Waals surface area contributed by atoms with Crippen LogP contribution in [0.5, 0.6) is 0 Å². The molecule has 1 aromatic rings. The van der Waals surface area contributed by atoms with Crippen molar-refractivity contribution in [2.24, 2.45) is 0 Å². The average Bonchev–Trinajstić information content (AvgIpc) is 3.48. The largest absolute Gasteiger partial charge is 0.378 e. The highest BCUT2D eigenvalue weighted by Crippen LogP contribution is 2.19. The number of hydrogen-bond acceptors (Lipinski definition) is 7. The van der Waals surface area contributed by atoms with Crippen molar-refractivity contribution in [2.45, 2.75) is 44.6 Å². The summed E-state index contributed by atoms with van der Waals surface area (Å²) in [5, 5.41) is 2.95. The first kappa shape index (κ1) is 21.0. The molecular weight excluding hydrogens is 386 g/mol. The third-order valence-electron chi connectivity index (χ3n) is 5.89. The lowest BCUT2D eigenvalue weighted by atomic mass is 10.1. The Hall–Kier alpha value is -2.26. The number of nitrogens with zero attached hydrogens (tertiary/aromatic N) is 4. The number of aromatic nitrogens is 2. The van der Waals surface area contributed by atoms with Gasteiger partial charge in [-0.25, -0.2) is 9.97 Å². The Labute approximate surface area is 177 Å². The molecular formula is C21H31N5O4. The second kappa shape index (κ2) is 10.2. The molecule has 2 amide bonds. The predicted molar refractivity (Wildman–Crippen MR) is 111 cm³/mol. The first-order valence-corrected chi connectivity index (χ1v) is 11.1. The molecule has 0 aliphatic carbocycles. The van der Waals surface area contributed by atoms with Crippen LogP contribution in [0.4, 0.5) is 5.95 Å². The summed E-state index contributed by atoms with van der Waals surface area (Å²) in [6.45, 7) is 5.49. The molecule has 0 bridgehead atoms. The number of rotatable bonds is 7. The summed E-state index contributed by atoms with van der Waals surface area (Å²) >= 11 is 0. The maximum Gasteiger partial charge on any atom is 0.257 e. The van der Waals surface area contributed by atoms with Crippen molar-refractivity contribution in [3.63, 3.8) is 0 Å². The maximum absolute atomic E-state index is 13.0. The van der Waals surface area contributed by atoms with Crippen molar-refractivity contribution in [1.29, 1.82) is 0 Å². The van der Waals surface area contributed by atoms with Crippen molar-refractivity contribution in [3.8, 4) is 0 Å². The van der Waals surface area contributed by atoms with E-state index in [1.54, 1.807) is 6.20 Å². The lowest BCUT2D eigenvalue weighted by Gasteiger charge is -2.27. The molecule has 1 unspecified atom stereocenters. The van der Waals surface area contributed by atoms with Crippen LogP contribution in [0.1, 0.15) is 48.2 Å². The Morgan fingerprint density at radius 3 is 2.63 bits per heavy atom. The molecule has 0 spiro atoms. The van der Waals surface area contributed by atoms with E-state index in [0.717, 1.165) is 58.5 Å². The van der Waals surface area contributed by atoms with E-state index in [0.29, 0.717) is 49.8 Å². The standard InChI is InChI=1S/C21H31N5O4/c27-19(14-16-4-3-11-30-16)22-6-5-18-17(20(28)25-7-1-2-8-25)15-23-21(24-18)26-9-12-29-13-10-26/h15-16H,1-14H2,(H,22,27). The number of amides is 2. The maximum atomic E-state index is 13.0. The zero-order chi connectivity index (χ0) is 20.8. The predicted octanol–water partition coefficient (Wildman–Crippen LogP) is 0.777. The van der Waals surface area contributed by atoms with Gasteiger partial charge in [0.05, 0.1) is 37.0 Å². The SMILES string of the molecule is O=C(CC1CCCO1)NCCc1nc(N2CCOCC2)ncc1C(=O)N1CCCC1. The van der Waals surface area contributed by atoms with Crippen LogP contribution >= 0.6 is 0 Å². The number of likely N-dealkylation sites (tertiary alicyclic amines) is 1. The van der Waals surface area contributed by atoms with E-state index in [1.165, 1.54) is 0 Å². The minimum absolute atomic E-state index is 0.0123. The van der Waals surface area contributed by atoms with Crippen molar-refractivity contribution in [3.05, 3.63) is 17.5 Å². The van der Waals surface area contributed by atoms with Gasteiger partial charge >= 0.3 is 0 Å². The van der Waals surface area contributed by atoms with Gasteiger partial charge < -0.3 is 24.6 Å². The monoisotopic (exact) mass is 417 g/mol. The highest BCUT2D eigenvalue weighted by molar-refractivity contribution is 5.95. The van der Waals surface area contributed by atoms with Crippen LogP contribution in [0.15, 0.2) is 6.20 Å². The molecule has 164 valence electrons. The van der Waals surface area contributed by atoms with Crippen LogP contribution in [0.25, 0.3) is 0 Å². The molecule has 9 nitrogen and oxygen atoms in total. The molecule has 9 heteroatoms. The molecule has 3 fully saturated rings. The van der Waals surface area contributed by atoms with E-state index in [9.17, 15) is 9.59 Å². The molecule has 1 aromatic heterocycles. The highest BCUT2D eigenvalue weighted by atomic mass is 16.5. The van der Waals surface area contributed by atoms with Crippen LogP contribution in [-0.4, -0.2) is 85.3 Å². The molecule has 3 aliphatic rings. The number of anilines is 1. The summed E-state index contributed by atoms with van der Waals surface area (Å²) in [4.78, 5) is 38.3. The van der Waals surface area contributed by atoms with Crippen LogP contribution in [0.3, 0.4) is 0 Å². The molecule has 4 rings (SSSR count). The van der Waals surface area contributed by atoms with E-state index in [4.69, 9.17) is 14.5 Å². The molecule has 30 heavy (non-hydrogen) atoms. The zero-order valence-electron chi connectivity index (χ0n) is 17.5. The third kappa shape index (κ3) is 5.26. The minimum atomic E-state index is -0.0169. The molecule has 0 saturated carbocycles. The van der Waals surface area contributed by atoms with Gasteiger partial charge in [-0.15, -0.1) is 0 Å². The molecule has 0 radical (unpaired) electrons. The Balaban J connectivity index is 1.42. The fourth-order valence-corrected chi connectivity index (χ4v) is 4.19. The summed E-state index contributed by atoms with van der Waals surface area (Å²) in [6.07, 6.45) is 6.60. The molecule has 1 N–H and O–H groups in total. The van der Waals surface area contributed by atoms with Crippen LogP contribution in [-0.2, 0) is 20.7 Å². The van der Waals surface area contributed by atoms with Crippen molar-refractivity contribution in [2.75, 3.05) is 57.4 Å². The second-order valence-electron chi connectivity index (χ2n) is 8.07. The van der Waals surface area contributed by atoms with E-state index < -0.39 is 0 Å². The summed E-state index contributed by atoms with van der Waals surface area (Å²) in [7, 11) is 0. The molecule has 4 heterocycles. The van der Waals surface area contributed by atoms with Gasteiger partial charge in [-0.2, -0.15) is 0 Å². The summed E-state index contributed by atoms with van der Waals surface area (Å²) in [6, 6.07) is 0. The molecule has 3 aliphatic heterocycles. The average molecular weight is 418 g/mol. The van der Waals surface area contributed by atoms with Crippen LogP contribution in [0.2, 0.25) is 0 Å². The lowest BCUT2D eigenvalue weighted by Crippen LogP contribution is -2.38. The number of morpholine rings is 1. The molecule has 0 aromatic carbocycles. The topological polar surface area (TPSA) is 96.9 Å². The van der Waals surface area contributed by atoms with Crippen molar-refractivity contribution >= 4 is 17.8 Å². The Bertz CT molecular complexity index is 741. The van der Waals surface area contributed by atoms with E-state index >= 15 is 0 Å². The van der Waals surface area contributed by atoms with Crippen molar-refractivity contribution in [1.82, 2.24) is 20.2 Å². The molecule has 1 atom stereocenters. The van der Waals surface area contributed by atoms with Crippen molar-refractivity contribution < 1.29 is 19.1 Å². The van der Waals surface area contributed by atoms with E-state index in [1.807, 2.05) is 4.90 Å².